The second-order valence-electron chi connectivity index (χ2n) is 5.71. The molecule has 1 aliphatic heterocycles. The van der Waals surface area contributed by atoms with Crippen LogP contribution < -0.4 is 10.5 Å². The first-order valence-electron chi connectivity index (χ1n) is 7.81. The normalized spacial score (nSPS) is 17.2. The molecule has 0 aromatic heterocycles. The number of alkyl halides is 3. The average Bonchev–Trinajstić information content (AvgIpc) is 2.64. The minimum absolute atomic E-state index is 0.205. The molecule has 3 rings (SSSR count). The van der Waals surface area contributed by atoms with Gasteiger partial charge in [-0.2, -0.15) is 13.2 Å². The van der Waals surface area contributed by atoms with Crippen LogP contribution in [0.4, 0.5) is 13.2 Å². The van der Waals surface area contributed by atoms with Crippen LogP contribution in [0, 0.1) is 0 Å². The van der Waals surface area contributed by atoms with E-state index in [9.17, 15) is 18.0 Å². The molecule has 0 saturated heterocycles. The van der Waals surface area contributed by atoms with Crippen molar-refractivity contribution in [2.45, 2.75) is 25.1 Å². The van der Waals surface area contributed by atoms with E-state index in [4.69, 9.17) is 15.3 Å². The molecule has 2 N–H and O–H groups in total. The molecule has 0 spiro atoms. The van der Waals surface area contributed by atoms with Gasteiger partial charge in [0.25, 0.3) is 0 Å². The molecule has 1 heterocycles. The van der Waals surface area contributed by atoms with Crippen LogP contribution >= 0.6 is 0 Å². The lowest BCUT2D eigenvalue weighted by Gasteiger charge is -2.23. The predicted octanol–water partition coefficient (Wildman–Crippen LogP) is 3.26. The summed E-state index contributed by atoms with van der Waals surface area (Å²) < 4.78 is 43.2. The number of hydrogen-bond donors (Lipinski definition) is 1. The Kier molecular flexibility index (Phi) is 4.83. The Bertz CT molecular complexity index is 832. The van der Waals surface area contributed by atoms with E-state index in [-0.39, 0.29) is 11.4 Å². The number of carbonyl (C=O) groups is 1. The highest BCUT2D eigenvalue weighted by molar-refractivity contribution is 5.97. The van der Waals surface area contributed by atoms with Crippen molar-refractivity contribution < 1.29 is 27.5 Å². The van der Waals surface area contributed by atoms with Crippen molar-refractivity contribution in [3.8, 4) is 5.75 Å². The maximum atomic E-state index is 12.5. The molecule has 8 heteroatoms. The largest absolute Gasteiger partial charge is 0.478 e. The highest BCUT2D eigenvalue weighted by atomic mass is 19.4. The first kappa shape index (κ1) is 17.8. The first-order valence-corrected chi connectivity index (χ1v) is 7.81. The number of amidine groups is 1. The van der Waals surface area contributed by atoms with Gasteiger partial charge < -0.3 is 15.3 Å². The van der Waals surface area contributed by atoms with E-state index in [1.54, 1.807) is 12.1 Å². The third-order valence-corrected chi connectivity index (χ3v) is 3.92. The van der Waals surface area contributed by atoms with Crippen LogP contribution in [-0.2, 0) is 22.2 Å². The summed E-state index contributed by atoms with van der Waals surface area (Å²) in [6, 6.07) is 11.4. The van der Waals surface area contributed by atoms with Gasteiger partial charge in [0.1, 0.15) is 5.75 Å². The number of para-hydroxylation sites is 1. The molecule has 0 amide bonds. The molecular formula is C18H15F3N2O3. The molecule has 2 aromatic carbocycles. The van der Waals surface area contributed by atoms with Crippen molar-refractivity contribution >= 4 is 11.8 Å². The standard InChI is InChI=1S/C18H15F3N2O3/c19-18(20,21)13-8-5-12(6-9-13)16(22)23-26-17(24)15-10-7-11-3-1-2-4-14(11)25-15/h1-6,8-9,15H,7,10H2,(H2,22,23)/t15-/m1/s1. The van der Waals surface area contributed by atoms with Crippen LogP contribution in [0.2, 0.25) is 0 Å². The lowest BCUT2D eigenvalue weighted by Crippen LogP contribution is -2.32. The van der Waals surface area contributed by atoms with Crippen LogP contribution in [0.1, 0.15) is 23.1 Å². The molecular weight excluding hydrogens is 349 g/mol. The predicted molar refractivity (Wildman–Crippen MR) is 87.4 cm³/mol. The summed E-state index contributed by atoms with van der Waals surface area (Å²) in [6.07, 6.45) is -4.15. The van der Waals surface area contributed by atoms with E-state index in [2.05, 4.69) is 5.16 Å². The third kappa shape index (κ3) is 3.96. The Hall–Kier alpha value is -3.03. The van der Waals surface area contributed by atoms with Gasteiger partial charge in [-0.15, -0.1) is 0 Å². The number of ether oxygens (including phenoxy) is 1. The number of carbonyl (C=O) groups excluding carboxylic acids is 1. The number of fused-ring (bicyclic) bond motifs is 1. The molecule has 0 aliphatic carbocycles. The fourth-order valence-corrected chi connectivity index (χ4v) is 2.53. The van der Waals surface area contributed by atoms with E-state index in [0.29, 0.717) is 18.6 Å². The SMILES string of the molecule is N/C(=N/OC(=O)[C@H]1CCc2ccccc2O1)c1ccc(C(F)(F)F)cc1. The van der Waals surface area contributed by atoms with Crippen LogP contribution in [-0.4, -0.2) is 17.9 Å². The summed E-state index contributed by atoms with van der Waals surface area (Å²) in [7, 11) is 0. The average molecular weight is 364 g/mol. The van der Waals surface area contributed by atoms with Crippen molar-refractivity contribution in [2.75, 3.05) is 0 Å². The first-order chi connectivity index (χ1) is 12.3. The van der Waals surface area contributed by atoms with Crippen LogP contribution in [0.5, 0.6) is 5.75 Å². The van der Waals surface area contributed by atoms with Gasteiger partial charge in [-0.3, -0.25) is 0 Å². The molecule has 0 saturated carbocycles. The van der Waals surface area contributed by atoms with E-state index in [0.717, 1.165) is 29.8 Å². The maximum absolute atomic E-state index is 12.5. The lowest BCUT2D eigenvalue weighted by atomic mass is 10.0. The molecule has 1 atom stereocenters. The lowest BCUT2D eigenvalue weighted by molar-refractivity contribution is -0.152. The Balaban J connectivity index is 1.63. The Morgan fingerprint density at radius 3 is 2.54 bits per heavy atom. The van der Waals surface area contributed by atoms with Crippen molar-refractivity contribution in [3.05, 3.63) is 65.2 Å². The number of nitrogens with two attached hydrogens (primary N) is 1. The summed E-state index contributed by atoms with van der Waals surface area (Å²) in [6.45, 7) is 0. The van der Waals surface area contributed by atoms with Gasteiger partial charge in [0.15, 0.2) is 11.9 Å². The number of oxime groups is 1. The number of hydrogen-bond acceptors (Lipinski definition) is 4. The summed E-state index contributed by atoms with van der Waals surface area (Å²) in [5, 5.41) is 3.50. The van der Waals surface area contributed by atoms with Gasteiger partial charge >= 0.3 is 12.1 Å². The minimum atomic E-state index is -4.44. The summed E-state index contributed by atoms with van der Waals surface area (Å²) in [4.78, 5) is 16.9. The second kappa shape index (κ2) is 7.07. The zero-order valence-corrected chi connectivity index (χ0v) is 13.5. The monoisotopic (exact) mass is 364 g/mol. The van der Waals surface area contributed by atoms with E-state index < -0.39 is 23.8 Å². The Morgan fingerprint density at radius 1 is 1.15 bits per heavy atom. The number of nitrogens with zero attached hydrogens (tertiary/aromatic N) is 1. The number of halogens is 3. The minimum Gasteiger partial charge on any atom is -0.478 e. The molecule has 5 nitrogen and oxygen atoms in total. The zero-order chi connectivity index (χ0) is 18.7. The fraction of sp³-hybridized carbons (Fsp3) is 0.222. The smallest absolute Gasteiger partial charge is 0.416 e. The topological polar surface area (TPSA) is 73.9 Å². The van der Waals surface area contributed by atoms with Crippen molar-refractivity contribution in [2.24, 2.45) is 10.9 Å². The van der Waals surface area contributed by atoms with E-state index in [1.807, 2.05) is 12.1 Å². The molecule has 0 radical (unpaired) electrons. The number of aryl methyl sites for hydroxylation is 1. The van der Waals surface area contributed by atoms with E-state index in [1.165, 1.54) is 0 Å². The highest BCUT2D eigenvalue weighted by Gasteiger charge is 2.30. The molecule has 136 valence electrons. The maximum Gasteiger partial charge on any atom is 0.416 e. The highest BCUT2D eigenvalue weighted by Crippen LogP contribution is 2.29. The van der Waals surface area contributed by atoms with Crippen LogP contribution in [0.3, 0.4) is 0 Å². The molecule has 1 aliphatic rings. The Labute approximate surface area is 147 Å². The molecule has 26 heavy (non-hydrogen) atoms. The molecule has 0 unspecified atom stereocenters. The molecule has 2 aromatic rings. The van der Waals surface area contributed by atoms with Crippen LogP contribution in [0.25, 0.3) is 0 Å². The van der Waals surface area contributed by atoms with Gasteiger partial charge in [-0.05, 0) is 36.6 Å². The van der Waals surface area contributed by atoms with Crippen molar-refractivity contribution in [1.82, 2.24) is 0 Å². The van der Waals surface area contributed by atoms with Gasteiger partial charge in [-0.1, -0.05) is 35.5 Å². The van der Waals surface area contributed by atoms with Crippen molar-refractivity contribution in [3.63, 3.8) is 0 Å². The second-order valence-corrected chi connectivity index (χ2v) is 5.71. The number of rotatable bonds is 3. The number of benzene rings is 2. The van der Waals surface area contributed by atoms with Crippen LogP contribution in [0.15, 0.2) is 53.7 Å². The van der Waals surface area contributed by atoms with Gasteiger partial charge in [0, 0.05) is 5.56 Å². The van der Waals surface area contributed by atoms with E-state index >= 15 is 0 Å². The van der Waals surface area contributed by atoms with Gasteiger partial charge in [-0.25, -0.2) is 4.79 Å². The summed E-state index contributed by atoms with van der Waals surface area (Å²) in [5.74, 6) is -0.307. The molecule has 0 bridgehead atoms. The van der Waals surface area contributed by atoms with Gasteiger partial charge in [0.05, 0.1) is 5.56 Å². The summed E-state index contributed by atoms with van der Waals surface area (Å²) >= 11 is 0. The summed E-state index contributed by atoms with van der Waals surface area (Å²) in [5.41, 5.74) is 6.07. The third-order valence-electron chi connectivity index (χ3n) is 3.92. The Morgan fingerprint density at radius 2 is 1.85 bits per heavy atom. The van der Waals surface area contributed by atoms with Crippen molar-refractivity contribution in [1.29, 1.82) is 0 Å². The molecule has 0 fully saturated rings. The fourth-order valence-electron chi connectivity index (χ4n) is 2.53. The zero-order valence-electron chi connectivity index (χ0n) is 13.5. The van der Waals surface area contributed by atoms with Gasteiger partial charge in [0.2, 0.25) is 0 Å². The quantitative estimate of drug-likeness (QED) is 0.393.